The quantitative estimate of drug-likeness (QED) is 0.224. The summed E-state index contributed by atoms with van der Waals surface area (Å²) < 4.78 is 15.0. The summed E-state index contributed by atoms with van der Waals surface area (Å²) >= 11 is 5.94. The van der Waals surface area contributed by atoms with Crippen LogP contribution in [0.3, 0.4) is 0 Å². The van der Waals surface area contributed by atoms with Crippen LogP contribution < -0.4 is 15.8 Å². The number of nitrogens with zero attached hydrogens (tertiary/aromatic N) is 5. The molecule has 0 unspecified atom stereocenters. The topological polar surface area (TPSA) is 134 Å². The van der Waals surface area contributed by atoms with Crippen LogP contribution in [0.2, 0.25) is 5.28 Å². The van der Waals surface area contributed by atoms with Gasteiger partial charge in [-0.05, 0) is 36.8 Å². The number of rotatable bonds is 9. The van der Waals surface area contributed by atoms with Gasteiger partial charge in [0.05, 0.1) is 18.5 Å². The number of carbonyl (C=O) groups is 2. The van der Waals surface area contributed by atoms with Gasteiger partial charge in [0.15, 0.2) is 11.6 Å². The normalized spacial score (nSPS) is 19.7. The van der Waals surface area contributed by atoms with E-state index in [1.54, 1.807) is 0 Å². The van der Waals surface area contributed by atoms with Gasteiger partial charge in [0.1, 0.15) is 6.04 Å². The van der Waals surface area contributed by atoms with Gasteiger partial charge in [-0.15, -0.1) is 0 Å². The molecule has 3 rings (SSSR count). The third-order valence-electron chi connectivity index (χ3n) is 5.78. The second-order valence-corrected chi connectivity index (χ2v) is 8.22. The summed E-state index contributed by atoms with van der Waals surface area (Å²) in [6.07, 6.45) is 6.18. The highest BCUT2D eigenvalue weighted by Gasteiger charge is 2.31. The molecule has 1 aromatic rings. The highest BCUT2D eigenvalue weighted by molar-refractivity contribution is 6.28. The lowest BCUT2D eigenvalue weighted by molar-refractivity contribution is -0.154. The maximum atomic E-state index is 15.0. The van der Waals surface area contributed by atoms with Gasteiger partial charge < -0.3 is 4.90 Å². The van der Waals surface area contributed by atoms with E-state index in [0.29, 0.717) is 30.4 Å². The van der Waals surface area contributed by atoms with Crippen molar-refractivity contribution >= 4 is 35.6 Å². The van der Waals surface area contributed by atoms with E-state index in [9.17, 15) is 20.1 Å². The first-order chi connectivity index (χ1) is 14.9. The molecule has 168 valence electrons. The summed E-state index contributed by atoms with van der Waals surface area (Å²) in [6.45, 7) is 0.277. The maximum Gasteiger partial charge on any atom is 0.243 e. The minimum Gasteiger partial charge on any atom is -0.338 e. The molecule has 2 atom stereocenters. The summed E-state index contributed by atoms with van der Waals surface area (Å²) in [5.74, 6) is -2.15. The molecule has 0 aromatic carbocycles. The first kappa shape index (κ1) is 23.0. The van der Waals surface area contributed by atoms with Gasteiger partial charge in [0, 0.05) is 6.54 Å². The smallest absolute Gasteiger partial charge is 0.243 e. The van der Waals surface area contributed by atoms with Crippen LogP contribution in [0, 0.1) is 29.0 Å². The number of halogens is 2. The zero-order valence-electron chi connectivity index (χ0n) is 16.9. The lowest BCUT2D eigenvalue weighted by Gasteiger charge is -2.24. The number of aromatic nitrogens is 2. The molecule has 1 saturated carbocycles. The number of hydrogen-bond acceptors (Lipinski definition) is 8. The van der Waals surface area contributed by atoms with Gasteiger partial charge in [0.2, 0.25) is 23.4 Å². The van der Waals surface area contributed by atoms with Crippen molar-refractivity contribution in [2.24, 2.45) is 11.8 Å². The summed E-state index contributed by atoms with van der Waals surface area (Å²) in [7, 11) is 0. The van der Waals surface area contributed by atoms with Gasteiger partial charge in [-0.3, -0.25) is 25.6 Å². The van der Waals surface area contributed by atoms with Gasteiger partial charge in [0.25, 0.3) is 0 Å². The summed E-state index contributed by atoms with van der Waals surface area (Å²) in [5, 5.41) is 19.0. The van der Waals surface area contributed by atoms with E-state index in [4.69, 9.17) is 11.6 Å². The van der Waals surface area contributed by atoms with Crippen LogP contribution >= 0.6 is 11.6 Å². The number of nitrogens with one attached hydrogen (secondary N) is 2. The molecule has 2 amide bonds. The lowest BCUT2D eigenvalue weighted by Crippen LogP contribution is -2.41. The second-order valence-electron chi connectivity index (χ2n) is 7.88. The largest absolute Gasteiger partial charge is 0.338 e. The average molecular weight is 454 g/mol. The van der Waals surface area contributed by atoms with E-state index in [1.165, 1.54) is 4.90 Å². The minimum atomic E-state index is -0.837. The van der Waals surface area contributed by atoms with E-state index in [0.717, 1.165) is 32.1 Å². The maximum absolute atomic E-state index is 15.0. The molecule has 12 heteroatoms. The number of hydrazine groups is 1. The molecule has 10 nitrogen and oxygen atoms in total. The van der Waals surface area contributed by atoms with Crippen LogP contribution in [0.25, 0.3) is 0 Å². The Hall–Kier alpha value is -2.71. The molecule has 1 saturated heterocycles. The number of nitriles is 1. The molecule has 0 spiro atoms. The zero-order valence-corrected chi connectivity index (χ0v) is 17.7. The molecule has 2 aliphatic rings. The van der Waals surface area contributed by atoms with Crippen LogP contribution in [0.1, 0.15) is 44.9 Å². The Morgan fingerprint density at radius 1 is 1.39 bits per heavy atom. The third kappa shape index (κ3) is 5.71. The molecule has 3 N–H and O–H groups in total. The van der Waals surface area contributed by atoms with E-state index in [1.807, 2.05) is 0 Å². The SMILES string of the molecule is N#C[C@@H]1CCCN1c1nc(Cl)nc(NNC(=O)[C@@H](CC2CCCC2)CN(O)C=O)c1F. The molecule has 2 heterocycles. The van der Waals surface area contributed by atoms with Crippen molar-refractivity contribution in [1.29, 1.82) is 5.26 Å². The Bertz CT molecular complexity index is 847. The molecule has 0 radical (unpaired) electrons. The number of hydrogen-bond donors (Lipinski definition) is 3. The minimum absolute atomic E-state index is 0.106. The van der Waals surface area contributed by atoms with E-state index >= 15 is 4.39 Å². The Kier molecular flexibility index (Phi) is 7.81. The van der Waals surface area contributed by atoms with Gasteiger partial charge in [-0.1, -0.05) is 25.7 Å². The molecule has 31 heavy (non-hydrogen) atoms. The van der Waals surface area contributed by atoms with E-state index in [-0.39, 0.29) is 29.9 Å². The number of anilines is 2. The van der Waals surface area contributed by atoms with E-state index < -0.39 is 23.7 Å². The number of amides is 2. The first-order valence-electron chi connectivity index (χ1n) is 10.3. The first-order valence-corrected chi connectivity index (χ1v) is 10.7. The standard InChI is InChI=1S/C19H25ClFN7O3/c20-19-23-16(15(21)17(24-19)28-7-3-6-14(28)9-22)25-26-18(30)13(10-27(31)11-29)8-12-4-1-2-5-12/h11-14,31H,1-8,10H2,(H,26,30)(H,23,24,25)/t13-,14-/m0/s1. The third-order valence-corrected chi connectivity index (χ3v) is 5.95. The van der Waals surface area contributed by atoms with Crippen LogP contribution in [-0.2, 0) is 9.59 Å². The molecule has 1 aromatic heterocycles. The Balaban J connectivity index is 1.71. The van der Waals surface area contributed by atoms with Crippen molar-refractivity contribution in [3.63, 3.8) is 0 Å². The van der Waals surface area contributed by atoms with Crippen LogP contribution in [0.15, 0.2) is 0 Å². The average Bonchev–Trinajstić information content (AvgIpc) is 3.44. The fourth-order valence-electron chi connectivity index (χ4n) is 4.24. The highest BCUT2D eigenvalue weighted by atomic mass is 35.5. The van der Waals surface area contributed by atoms with Gasteiger partial charge >= 0.3 is 0 Å². The predicted molar refractivity (Wildman–Crippen MR) is 109 cm³/mol. The van der Waals surface area contributed by atoms with Crippen molar-refractivity contribution < 1.29 is 19.2 Å². The lowest BCUT2D eigenvalue weighted by atomic mass is 9.92. The molecule has 1 aliphatic carbocycles. The molecule has 2 fully saturated rings. The van der Waals surface area contributed by atoms with Crippen molar-refractivity contribution in [2.45, 2.75) is 51.0 Å². The zero-order chi connectivity index (χ0) is 22.4. The monoisotopic (exact) mass is 453 g/mol. The van der Waals surface area contributed by atoms with Crippen LogP contribution in [-0.4, -0.2) is 51.7 Å². The van der Waals surface area contributed by atoms with Crippen LogP contribution in [0.4, 0.5) is 16.0 Å². The van der Waals surface area contributed by atoms with Gasteiger partial charge in [-0.2, -0.15) is 19.6 Å². The van der Waals surface area contributed by atoms with Crippen molar-refractivity contribution in [1.82, 2.24) is 20.5 Å². The molecular weight excluding hydrogens is 429 g/mol. The summed E-state index contributed by atoms with van der Waals surface area (Å²) in [4.78, 5) is 32.7. The van der Waals surface area contributed by atoms with E-state index in [2.05, 4.69) is 26.9 Å². The summed E-state index contributed by atoms with van der Waals surface area (Å²) in [5.41, 5.74) is 4.84. The summed E-state index contributed by atoms with van der Waals surface area (Å²) in [6, 6.07) is 1.59. The van der Waals surface area contributed by atoms with Crippen molar-refractivity contribution in [3.8, 4) is 6.07 Å². The second kappa shape index (κ2) is 10.5. The molecular formula is C19H25ClFN7O3. The number of hydroxylamine groups is 2. The molecule has 1 aliphatic heterocycles. The van der Waals surface area contributed by atoms with Crippen molar-refractivity contribution in [3.05, 3.63) is 11.1 Å². The number of carbonyl (C=O) groups excluding carboxylic acids is 2. The van der Waals surface area contributed by atoms with Gasteiger partial charge in [-0.25, -0.2) is 5.06 Å². The van der Waals surface area contributed by atoms with Crippen molar-refractivity contribution in [2.75, 3.05) is 23.4 Å². The highest BCUT2D eigenvalue weighted by Crippen LogP contribution is 2.31. The molecule has 0 bridgehead atoms. The Labute approximate surface area is 184 Å². The fraction of sp³-hybridized carbons (Fsp3) is 0.632. The Morgan fingerprint density at radius 3 is 2.81 bits per heavy atom. The van der Waals surface area contributed by atoms with Crippen LogP contribution in [0.5, 0.6) is 0 Å². The predicted octanol–water partition coefficient (Wildman–Crippen LogP) is 2.25. The Morgan fingerprint density at radius 2 is 2.13 bits per heavy atom. The fourth-order valence-corrected chi connectivity index (χ4v) is 4.41.